The third-order valence-corrected chi connectivity index (χ3v) is 11.3. The van der Waals surface area contributed by atoms with Gasteiger partial charge < -0.3 is 10.2 Å². The van der Waals surface area contributed by atoms with Gasteiger partial charge in [0.25, 0.3) is 0 Å². The Morgan fingerprint density at radius 2 is 1.81 bits per heavy atom. The lowest BCUT2D eigenvalue weighted by Gasteiger charge is -2.61. The van der Waals surface area contributed by atoms with Gasteiger partial charge in [-0.15, -0.1) is 0 Å². The van der Waals surface area contributed by atoms with Crippen LogP contribution in [0, 0.1) is 39.4 Å². The van der Waals surface area contributed by atoms with Crippen molar-refractivity contribution in [2.45, 2.75) is 106 Å². The zero-order valence-corrected chi connectivity index (χ0v) is 21.8. The highest BCUT2D eigenvalue weighted by molar-refractivity contribution is 5.49. The molecule has 2 nitrogen and oxygen atoms in total. The number of aliphatic hydroxyl groups excluding tert-OH is 2. The molecule has 0 aromatic heterocycles. The summed E-state index contributed by atoms with van der Waals surface area (Å²) in [5.41, 5.74) is 5.18. The molecule has 2 fully saturated rings. The lowest BCUT2D eigenvalue weighted by Crippen LogP contribution is -2.54. The monoisotopic (exact) mass is 440 g/mol. The molecule has 0 saturated heterocycles. The first-order valence-electron chi connectivity index (χ1n) is 13.3. The maximum absolute atomic E-state index is 10.8. The Kier molecular flexibility index (Phi) is 6.16. The van der Waals surface area contributed by atoms with E-state index in [1.54, 1.807) is 11.1 Å². The van der Waals surface area contributed by atoms with Gasteiger partial charge in [-0.3, -0.25) is 0 Å². The molecule has 0 aromatic carbocycles. The summed E-state index contributed by atoms with van der Waals surface area (Å²) in [5.74, 6) is 1.99. The summed E-state index contributed by atoms with van der Waals surface area (Å²) in [5, 5.41) is 20.1. The molecule has 4 rings (SSSR count). The van der Waals surface area contributed by atoms with Crippen LogP contribution in [0.2, 0.25) is 0 Å². The molecule has 4 aliphatic carbocycles. The fourth-order valence-electron chi connectivity index (χ4n) is 8.80. The van der Waals surface area contributed by atoms with E-state index in [1.807, 2.05) is 6.92 Å². The van der Waals surface area contributed by atoms with Gasteiger partial charge in [-0.2, -0.15) is 0 Å². The topological polar surface area (TPSA) is 40.5 Å². The zero-order chi connectivity index (χ0) is 23.5. The van der Waals surface area contributed by atoms with Crippen molar-refractivity contribution < 1.29 is 10.2 Å². The molecule has 0 radical (unpaired) electrons. The summed E-state index contributed by atoms with van der Waals surface area (Å²) < 4.78 is 0. The Morgan fingerprint density at radius 1 is 1.09 bits per heavy atom. The van der Waals surface area contributed by atoms with Crippen LogP contribution in [0.15, 0.2) is 34.9 Å². The second-order valence-corrected chi connectivity index (χ2v) is 13.2. The van der Waals surface area contributed by atoms with Crippen molar-refractivity contribution in [2.75, 3.05) is 6.61 Å². The van der Waals surface area contributed by atoms with E-state index in [-0.39, 0.29) is 29.0 Å². The summed E-state index contributed by atoms with van der Waals surface area (Å²) in [6.45, 7) is 17.0. The van der Waals surface area contributed by atoms with Crippen LogP contribution in [0.25, 0.3) is 0 Å². The molecular formula is C30H48O2. The second-order valence-electron chi connectivity index (χ2n) is 13.2. The molecule has 180 valence electrons. The number of hydrogen-bond donors (Lipinski definition) is 2. The Bertz CT molecular complexity index is 832. The molecule has 2 N–H and O–H groups in total. The van der Waals surface area contributed by atoms with E-state index in [1.165, 1.54) is 25.7 Å². The van der Waals surface area contributed by atoms with Gasteiger partial charge in [0.2, 0.25) is 0 Å². The van der Waals surface area contributed by atoms with Crippen molar-refractivity contribution in [3.63, 3.8) is 0 Å². The van der Waals surface area contributed by atoms with Crippen molar-refractivity contribution in [1.29, 1.82) is 0 Å². The molecule has 0 bridgehead atoms. The van der Waals surface area contributed by atoms with E-state index in [0.29, 0.717) is 17.3 Å². The fourth-order valence-corrected chi connectivity index (χ4v) is 8.80. The quantitative estimate of drug-likeness (QED) is 0.443. The van der Waals surface area contributed by atoms with Crippen LogP contribution in [0.3, 0.4) is 0 Å². The average molecular weight is 441 g/mol. The van der Waals surface area contributed by atoms with Crippen LogP contribution in [0.1, 0.15) is 99.8 Å². The number of allylic oxidation sites excluding steroid dienone is 5. The Labute approximate surface area is 197 Å². The molecule has 0 aromatic rings. The minimum Gasteiger partial charge on any atom is -0.393 e. The zero-order valence-electron chi connectivity index (χ0n) is 21.8. The minimum absolute atomic E-state index is 0.0233. The largest absolute Gasteiger partial charge is 0.393 e. The number of rotatable bonds is 5. The van der Waals surface area contributed by atoms with E-state index in [0.717, 1.165) is 37.2 Å². The summed E-state index contributed by atoms with van der Waals surface area (Å²) in [4.78, 5) is 0. The normalized spacial score (nSPS) is 44.2. The van der Waals surface area contributed by atoms with E-state index < -0.39 is 0 Å². The van der Waals surface area contributed by atoms with Crippen molar-refractivity contribution in [3.05, 3.63) is 34.9 Å². The predicted molar refractivity (Wildman–Crippen MR) is 134 cm³/mol. The third-order valence-electron chi connectivity index (χ3n) is 11.3. The van der Waals surface area contributed by atoms with Crippen LogP contribution < -0.4 is 0 Å². The van der Waals surface area contributed by atoms with Gasteiger partial charge in [-0.1, -0.05) is 65.3 Å². The second kappa shape index (κ2) is 8.12. The van der Waals surface area contributed by atoms with Crippen molar-refractivity contribution in [1.82, 2.24) is 0 Å². The first-order chi connectivity index (χ1) is 14.9. The number of hydrogen-bond acceptors (Lipinski definition) is 2. The van der Waals surface area contributed by atoms with Crippen LogP contribution in [0.4, 0.5) is 0 Å². The van der Waals surface area contributed by atoms with E-state index in [4.69, 9.17) is 0 Å². The molecule has 0 amide bonds. The molecule has 0 spiro atoms. The fraction of sp³-hybridized carbons (Fsp3) is 0.800. The lowest BCUT2D eigenvalue weighted by atomic mass is 9.44. The molecule has 7 atom stereocenters. The molecule has 1 unspecified atom stereocenters. The number of aliphatic hydroxyl groups is 2. The highest BCUT2D eigenvalue weighted by atomic mass is 16.3. The van der Waals surface area contributed by atoms with E-state index >= 15 is 0 Å². The van der Waals surface area contributed by atoms with Crippen LogP contribution >= 0.6 is 0 Å². The van der Waals surface area contributed by atoms with Gasteiger partial charge in [0.1, 0.15) is 0 Å². The van der Waals surface area contributed by atoms with Crippen molar-refractivity contribution in [3.8, 4) is 0 Å². The van der Waals surface area contributed by atoms with Gasteiger partial charge in [0.05, 0.1) is 12.7 Å². The van der Waals surface area contributed by atoms with E-state index in [9.17, 15) is 10.2 Å². The smallest absolute Gasteiger partial charge is 0.0639 e. The van der Waals surface area contributed by atoms with Gasteiger partial charge >= 0.3 is 0 Å². The first-order valence-corrected chi connectivity index (χ1v) is 13.3. The van der Waals surface area contributed by atoms with Crippen molar-refractivity contribution >= 4 is 0 Å². The summed E-state index contributed by atoms with van der Waals surface area (Å²) in [7, 11) is 0. The highest BCUT2D eigenvalue weighted by Gasteiger charge is 2.62. The van der Waals surface area contributed by atoms with Crippen LogP contribution in [-0.2, 0) is 0 Å². The predicted octanol–water partition coefficient (Wildman–Crippen LogP) is 7.23. The minimum atomic E-state index is -0.180. The maximum atomic E-state index is 10.8. The van der Waals surface area contributed by atoms with Gasteiger partial charge in [-0.25, -0.2) is 0 Å². The lowest BCUT2D eigenvalue weighted by molar-refractivity contribution is -0.0851. The van der Waals surface area contributed by atoms with E-state index in [2.05, 4.69) is 59.8 Å². The van der Waals surface area contributed by atoms with Gasteiger partial charge in [0, 0.05) is 0 Å². The molecule has 4 aliphatic rings. The SMILES string of the molecule is C/C(=C\CC[C@H](C)[C@@H]1CC[C@]2(C)C3=CCC4C(C)(C)[C@H](O)CC[C@@]4(C)C3=CC[C@@]12C)CO. The molecular weight excluding hydrogens is 392 g/mol. The molecule has 0 heterocycles. The molecule has 2 heteroatoms. The average Bonchev–Trinajstić information content (AvgIpc) is 3.02. The maximum Gasteiger partial charge on any atom is 0.0639 e. The third kappa shape index (κ3) is 3.34. The number of fused-ring (bicyclic) bond motifs is 5. The molecule has 2 saturated carbocycles. The molecule has 32 heavy (non-hydrogen) atoms. The summed E-state index contributed by atoms with van der Waals surface area (Å²) >= 11 is 0. The summed E-state index contributed by atoms with van der Waals surface area (Å²) in [6, 6.07) is 0. The Hall–Kier alpha value is -0.860. The summed E-state index contributed by atoms with van der Waals surface area (Å²) in [6.07, 6.45) is 16.6. The standard InChI is InChI=1S/C30H48O2/c1-20(19-31)9-8-10-21(2)22-13-17-30(7)24-11-12-25-27(3,4)26(32)15-16-28(25,5)23(24)14-18-29(22,30)6/h9,11,14,21-22,25-26,31-32H,8,10,12-13,15-19H2,1-7H3/b20-9+/t21-,22-,25?,26+,28-,29-,30+/m0/s1. The van der Waals surface area contributed by atoms with Crippen molar-refractivity contribution in [2.24, 2.45) is 39.4 Å². The van der Waals surface area contributed by atoms with Gasteiger partial charge in [0.15, 0.2) is 0 Å². The van der Waals surface area contributed by atoms with Crippen LogP contribution in [0.5, 0.6) is 0 Å². The Morgan fingerprint density at radius 3 is 2.50 bits per heavy atom. The first kappa shape index (κ1) is 24.3. The highest BCUT2D eigenvalue weighted by Crippen LogP contribution is 2.71. The van der Waals surface area contributed by atoms with Crippen LogP contribution in [-0.4, -0.2) is 22.9 Å². The van der Waals surface area contributed by atoms with Gasteiger partial charge in [-0.05, 0) is 109 Å². The Balaban J connectivity index is 1.63. The molecule has 0 aliphatic heterocycles.